The van der Waals surface area contributed by atoms with Crippen molar-refractivity contribution in [2.75, 3.05) is 13.7 Å². The van der Waals surface area contributed by atoms with Crippen molar-refractivity contribution in [1.29, 1.82) is 0 Å². The number of rotatable bonds is 9. The van der Waals surface area contributed by atoms with Crippen molar-refractivity contribution in [2.24, 2.45) is 5.10 Å². The predicted molar refractivity (Wildman–Crippen MR) is 119 cm³/mol. The molecule has 1 heterocycles. The number of aromatic nitrogens is 2. The first-order valence-corrected chi connectivity index (χ1v) is 10.4. The molecule has 3 aromatic rings. The van der Waals surface area contributed by atoms with Gasteiger partial charge in [-0.3, -0.25) is 4.79 Å². The van der Waals surface area contributed by atoms with Gasteiger partial charge in [-0.1, -0.05) is 48.2 Å². The number of thioether (sulfide) groups is 1. The van der Waals surface area contributed by atoms with Crippen molar-refractivity contribution in [2.45, 2.75) is 17.8 Å². The van der Waals surface area contributed by atoms with Gasteiger partial charge in [0.2, 0.25) is 5.88 Å². The average Bonchev–Trinajstić information content (AvgIpc) is 2.78. The van der Waals surface area contributed by atoms with Gasteiger partial charge in [-0.2, -0.15) is 10.1 Å². The van der Waals surface area contributed by atoms with Crippen LogP contribution in [0.15, 0.2) is 64.9 Å². The van der Waals surface area contributed by atoms with Crippen LogP contribution in [0.5, 0.6) is 17.4 Å². The molecular formula is C22H22N4O4S. The second kappa shape index (κ2) is 11.0. The summed E-state index contributed by atoms with van der Waals surface area (Å²) in [5.41, 5.74) is 4.67. The second-order valence-corrected chi connectivity index (χ2v) is 7.33. The van der Waals surface area contributed by atoms with E-state index in [1.165, 1.54) is 30.6 Å². The van der Waals surface area contributed by atoms with Crippen LogP contribution < -0.4 is 14.9 Å². The van der Waals surface area contributed by atoms with Crippen molar-refractivity contribution in [1.82, 2.24) is 15.4 Å². The molecule has 3 rings (SSSR count). The fourth-order valence-electron chi connectivity index (χ4n) is 2.53. The molecule has 0 aliphatic heterocycles. The number of carbonyl (C=O) groups excluding carboxylic acids is 1. The van der Waals surface area contributed by atoms with E-state index in [0.29, 0.717) is 22.3 Å². The minimum absolute atomic E-state index is 0.0590. The Morgan fingerprint density at radius 3 is 2.77 bits per heavy atom. The molecule has 0 atom stereocenters. The Morgan fingerprint density at radius 2 is 2.00 bits per heavy atom. The van der Waals surface area contributed by atoms with E-state index in [0.717, 1.165) is 11.4 Å². The first kappa shape index (κ1) is 22.1. The molecule has 1 amide bonds. The fraction of sp³-hybridized carbons (Fsp3) is 0.182. The molecule has 31 heavy (non-hydrogen) atoms. The molecular weight excluding hydrogens is 416 g/mol. The van der Waals surface area contributed by atoms with E-state index in [-0.39, 0.29) is 12.4 Å². The number of nitrogens with one attached hydrogen (secondary N) is 1. The van der Waals surface area contributed by atoms with Crippen molar-refractivity contribution < 1.29 is 19.4 Å². The lowest BCUT2D eigenvalue weighted by Gasteiger charge is -2.07. The molecule has 0 fully saturated rings. The number of nitrogens with zero attached hydrogens (tertiary/aromatic N) is 3. The Labute approximate surface area is 184 Å². The maximum atomic E-state index is 12.0. The molecule has 0 bridgehead atoms. The Bertz CT molecular complexity index is 1060. The van der Waals surface area contributed by atoms with E-state index in [1.54, 1.807) is 24.3 Å². The van der Waals surface area contributed by atoms with Gasteiger partial charge in [0, 0.05) is 23.1 Å². The van der Waals surface area contributed by atoms with Crippen LogP contribution in [0, 0.1) is 6.92 Å². The molecule has 0 aliphatic rings. The van der Waals surface area contributed by atoms with E-state index in [9.17, 15) is 9.90 Å². The number of carbonyl (C=O) groups is 1. The Kier molecular flexibility index (Phi) is 7.83. The largest absolute Gasteiger partial charge is 0.504 e. The number of aromatic hydroxyl groups is 1. The Hall–Kier alpha value is -3.59. The van der Waals surface area contributed by atoms with Crippen LogP contribution in [0.4, 0.5) is 0 Å². The summed E-state index contributed by atoms with van der Waals surface area (Å²) >= 11 is 1.49. The van der Waals surface area contributed by atoms with Crippen LogP contribution in [0.2, 0.25) is 0 Å². The summed E-state index contributed by atoms with van der Waals surface area (Å²) in [6.45, 7) is 1.58. The maximum absolute atomic E-state index is 12.0. The minimum atomic E-state index is -0.464. The van der Waals surface area contributed by atoms with Gasteiger partial charge >= 0.3 is 0 Å². The molecule has 0 radical (unpaired) electrons. The zero-order valence-electron chi connectivity index (χ0n) is 17.1. The molecule has 160 valence electrons. The van der Waals surface area contributed by atoms with E-state index in [1.807, 2.05) is 37.3 Å². The first-order chi connectivity index (χ1) is 15.0. The third-order valence-corrected chi connectivity index (χ3v) is 4.93. The maximum Gasteiger partial charge on any atom is 0.278 e. The van der Waals surface area contributed by atoms with Crippen LogP contribution in [0.3, 0.4) is 0 Å². The zero-order chi connectivity index (χ0) is 22.1. The number of methoxy groups -OCH3 is 1. The number of para-hydroxylation sites is 1. The number of hydrazone groups is 1. The number of amides is 1. The minimum Gasteiger partial charge on any atom is -0.504 e. The van der Waals surface area contributed by atoms with Crippen molar-refractivity contribution >= 4 is 23.9 Å². The molecule has 8 nitrogen and oxygen atoms in total. The number of phenolic OH excluding ortho intramolecular Hbond substituents is 1. The number of benzene rings is 2. The predicted octanol–water partition coefficient (Wildman–Crippen LogP) is 3.32. The number of aryl methyl sites for hydroxylation is 1. The van der Waals surface area contributed by atoms with Gasteiger partial charge in [-0.15, -0.1) is 0 Å². The van der Waals surface area contributed by atoms with Gasteiger partial charge in [-0.05, 0) is 24.6 Å². The molecule has 0 aliphatic carbocycles. The molecule has 0 saturated heterocycles. The Balaban J connectivity index is 1.52. The van der Waals surface area contributed by atoms with Gasteiger partial charge in [0.05, 0.1) is 13.3 Å². The number of hydrogen-bond acceptors (Lipinski definition) is 8. The third kappa shape index (κ3) is 6.71. The average molecular weight is 439 g/mol. The highest BCUT2D eigenvalue weighted by atomic mass is 32.2. The summed E-state index contributed by atoms with van der Waals surface area (Å²) < 4.78 is 10.5. The Morgan fingerprint density at radius 1 is 1.19 bits per heavy atom. The highest BCUT2D eigenvalue weighted by molar-refractivity contribution is 7.98. The van der Waals surface area contributed by atoms with Crippen LogP contribution in [-0.4, -0.2) is 40.9 Å². The van der Waals surface area contributed by atoms with Gasteiger partial charge in [0.25, 0.3) is 5.91 Å². The van der Waals surface area contributed by atoms with Crippen LogP contribution in [0.25, 0.3) is 0 Å². The molecule has 0 saturated carbocycles. The van der Waals surface area contributed by atoms with Gasteiger partial charge in [0.15, 0.2) is 23.3 Å². The summed E-state index contributed by atoms with van der Waals surface area (Å²) in [5, 5.41) is 14.4. The van der Waals surface area contributed by atoms with Crippen molar-refractivity contribution in [3.05, 3.63) is 71.4 Å². The van der Waals surface area contributed by atoms with Crippen LogP contribution >= 0.6 is 11.8 Å². The topological polar surface area (TPSA) is 106 Å². The van der Waals surface area contributed by atoms with E-state index in [2.05, 4.69) is 20.5 Å². The molecule has 9 heteroatoms. The normalized spacial score (nSPS) is 10.8. The second-order valence-electron chi connectivity index (χ2n) is 6.38. The zero-order valence-corrected chi connectivity index (χ0v) is 17.9. The first-order valence-electron chi connectivity index (χ1n) is 9.38. The monoisotopic (exact) mass is 438 g/mol. The summed E-state index contributed by atoms with van der Waals surface area (Å²) in [6, 6.07) is 16.6. The van der Waals surface area contributed by atoms with Gasteiger partial charge in [0.1, 0.15) is 0 Å². The highest BCUT2D eigenvalue weighted by Crippen LogP contribution is 2.28. The number of ether oxygens (including phenoxy) is 2. The summed E-state index contributed by atoms with van der Waals surface area (Å²) in [6.07, 6.45) is 1.32. The summed E-state index contributed by atoms with van der Waals surface area (Å²) in [5.74, 6) is 0.840. The van der Waals surface area contributed by atoms with Crippen LogP contribution in [0.1, 0.15) is 16.8 Å². The van der Waals surface area contributed by atoms with E-state index >= 15 is 0 Å². The lowest BCUT2D eigenvalue weighted by atomic mass is 10.2. The van der Waals surface area contributed by atoms with Crippen LogP contribution in [-0.2, 0) is 10.5 Å². The smallest absolute Gasteiger partial charge is 0.278 e. The van der Waals surface area contributed by atoms with E-state index in [4.69, 9.17) is 9.47 Å². The number of hydrogen-bond donors (Lipinski definition) is 2. The summed E-state index contributed by atoms with van der Waals surface area (Å²) in [7, 11) is 1.45. The van der Waals surface area contributed by atoms with Crippen molar-refractivity contribution in [3.63, 3.8) is 0 Å². The molecule has 2 aromatic carbocycles. The van der Waals surface area contributed by atoms with Gasteiger partial charge in [-0.25, -0.2) is 10.4 Å². The molecule has 1 aromatic heterocycles. The highest BCUT2D eigenvalue weighted by Gasteiger charge is 2.08. The quantitative estimate of drug-likeness (QED) is 0.228. The SMILES string of the molecule is COc1cccc(C=NNC(=O)COc2cc(C)nc(SCc3ccccc3)n2)c1O. The lowest BCUT2D eigenvalue weighted by Crippen LogP contribution is -2.25. The molecule has 0 unspecified atom stereocenters. The molecule has 0 spiro atoms. The van der Waals surface area contributed by atoms with Crippen molar-refractivity contribution in [3.8, 4) is 17.4 Å². The molecule has 2 N–H and O–H groups in total. The standard InChI is InChI=1S/C22H22N4O4S/c1-15-11-20(25-22(24-15)31-14-16-7-4-3-5-8-16)30-13-19(27)26-23-12-17-9-6-10-18(29-2)21(17)28/h3-12,28H,13-14H2,1-2H3,(H,26,27). The van der Waals surface area contributed by atoms with Gasteiger partial charge < -0.3 is 14.6 Å². The lowest BCUT2D eigenvalue weighted by molar-refractivity contribution is -0.123. The number of phenols is 1. The third-order valence-electron chi connectivity index (χ3n) is 4.02. The van der Waals surface area contributed by atoms with E-state index < -0.39 is 5.91 Å². The summed E-state index contributed by atoms with van der Waals surface area (Å²) in [4.78, 5) is 20.7. The fourth-order valence-corrected chi connectivity index (χ4v) is 3.38.